The minimum absolute atomic E-state index is 0.426. The fourth-order valence-corrected chi connectivity index (χ4v) is 1.26. The first-order valence-electron chi connectivity index (χ1n) is 4.86. The van der Waals surface area contributed by atoms with E-state index in [2.05, 4.69) is 16.0 Å². The zero-order chi connectivity index (χ0) is 11.8. The molecule has 0 aliphatic carbocycles. The van der Waals surface area contributed by atoms with Gasteiger partial charge in [-0.05, 0) is 0 Å². The topological polar surface area (TPSA) is 62.0 Å². The highest BCUT2D eigenvalue weighted by Gasteiger charge is 2.08. The molecule has 0 aromatic carbocycles. The number of hydrogen-bond donors (Lipinski definition) is 0. The number of nitriles is 1. The van der Waals surface area contributed by atoms with E-state index in [9.17, 15) is 0 Å². The Morgan fingerprint density at radius 2 is 2.12 bits per heavy atom. The summed E-state index contributed by atoms with van der Waals surface area (Å²) in [4.78, 5) is 10.1. The normalized spacial score (nSPS) is 9.81. The fourth-order valence-electron chi connectivity index (χ4n) is 1.17. The van der Waals surface area contributed by atoms with Crippen molar-refractivity contribution in [3.8, 4) is 6.07 Å². The molecule has 86 valence electrons. The SMILES string of the molecule is COCCN(CCC#N)c1ncc(Cl)cn1. The monoisotopic (exact) mass is 240 g/mol. The van der Waals surface area contributed by atoms with Crippen LogP contribution < -0.4 is 4.90 Å². The Labute approximate surface area is 99.6 Å². The van der Waals surface area contributed by atoms with Gasteiger partial charge in [-0.2, -0.15) is 5.26 Å². The number of hydrogen-bond acceptors (Lipinski definition) is 5. The lowest BCUT2D eigenvalue weighted by Gasteiger charge is -2.20. The third kappa shape index (κ3) is 4.01. The lowest BCUT2D eigenvalue weighted by molar-refractivity contribution is 0.205. The predicted octanol–water partition coefficient (Wildman–Crippen LogP) is 1.50. The van der Waals surface area contributed by atoms with Gasteiger partial charge in [0.25, 0.3) is 0 Å². The van der Waals surface area contributed by atoms with Crippen LogP contribution in [0.3, 0.4) is 0 Å². The molecule has 5 nitrogen and oxygen atoms in total. The molecular formula is C10H13ClN4O. The summed E-state index contributed by atoms with van der Waals surface area (Å²) in [5.74, 6) is 0.566. The molecule has 0 unspecified atom stereocenters. The number of halogens is 1. The molecule has 1 rings (SSSR count). The predicted molar refractivity (Wildman–Crippen MR) is 61.4 cm³/mol. The average molecular weight is 241 g/mol. The molecule has 0 aliphatic heterocycles. The molecule has 1 heterocycles. The Bertz CT molecular complexity index is 349. The largest absolute Gasteiger partial charge is 0.383 e. The van der Waals surface area contributed by atoms with Crippen molar-refractivity contribution in [3.05, 3.63) is 17.4 Å². The molecule has 1 aromatic rings. The van der Waals surface area contributed by atoms with Crippen LogP contribution in [0.5, 0.6) is 0 Å². The number of anilines is 1. The molecule has 0 N–H and O–H groups in total. The lowest BCUT2D eigenvalue weighted by atomic mass is 10.4. The van der Waals surface area contributed by atoms with Crippen LogP contribution in [-0.4, -0.2) is 36.8 Å². The Hall–Kier alpha value is -1.38. The molecular weight excluding hydrogens is 228 g/mol. The Morgan fingerprint density at radius 3 is 2.69 bits per heavy atom. The lowest BCUT2D eigenvalue weighted by Crippen LogP contribution is -2.29. The highest BCUT2D eigenvalue weighted by Crippen LogP contribution is 2.10. The van der Waals surface area contributed by atoms with E-state index in [1.54, 1.807) is 7.11 Å². The zero-order valence-corrected chi connectivity index (χ0v) is 9.81. The second-order valence-corrected chi connectivity index (χ2v) is 3.53. The molecule has 0 atom stereocenters. The third-order valence-corrected chi connectivity index (χ3v) is 2.14. The van der Waals surface area contributed by atoms with Crippen LogP contribution >= 0.6 is 11.6 Å². The van der Waals surface area contributed by atoms with Crippen LogP contribution in [0.15, 0.2) is 12.4 Å². The van der Waals surface area contributed by atoms with Crippen molar-refractivity contribution in [2.75, 3.05) is 31.7 Å². The summed E-state index contributed by atoms with van der Waals surface area (Å²) < 4.78 is 4.99. The average Bonchev–Trinajstić information content (AvgIpc) is 2.31. The summed E-state index contributed by atoms with van der Waals surface area (Å²) in [5, 5.41) is 9.06. The minimum Gasteiger partial charge on any atom is -0.383 e. The Morgan fingerprint density at radius 1 is 1.44 bits per heavy atom. The van der Waals surface area contributed by atoms with E-state index in [-0.39, 0.29) is 0 Å². The van der Waals surface area contributed by atoms with Gasteiger partial charge in [0.2, 0.25) is 5.95 Å². The highest BCUT2D eigenvalue weighted by molar-refractivity contribution is 6.30. The number of methoxy groups -OCH3 is 1. The van der Waals surface area contributed by atoms with Gasteiger partial charge in [-0.3, -0.25) is 0 Å². The number of rotatable bonds is 6. The quantitative estimate of drug-likeness (QED) is 0.754. The molecule has 6 heteroatoms. The standard InChI is InChI=1S/C10H13ClN4O/c1-16-6-5-15(4-2-3-12)10-13-7-9(11)8-14-10/h7-8H,2,4-6H2,1H3. The number of nitrogens with zero attached hydrogens (tertiary/aromatic N) is 4. The molecule has 0 fully saturated rings. The fraction of sp³-hybridized carbons (Fsp3) is 0.500. The van der Waals surface area contributed by atoms with Crippen LogP contribution in [0.25, 0.3) is 0 Å². The molecule has 0 bridgehead atoms. The van der Waals surface area contributed by atoms with Crippen molar-refractivity contribution < 1.29 is 4.74 Å². The maximum atomic E-state index is 8.56. The first-order chi connectivity index (χ1) is 7.77. The summed E-state index contributed by atoms with van der Waals surface area (Å²) in [6.45, 7) is 1.80. The van der Waals surface area contributed by atoms with E-state index in [1.807, 2.05) is 4.90 Å². The van der Waals surface area contributed by atoms with E-state index >= 15 is 0 Å². The van der Waals surface area contributed by atoms with Crippen LogP contribution in [0.4, 0.5) is 5.95 Å². The molecule has 0 spiro atoms. The van der Waals surface area contributed by atoms with E-state index in [0.29, 0.717) is 37.1 Å². The second-order valence-electron chi connectivity index (χ2n) is 3.09. The summed E-state index contributed by atoms with van der Waals surface area (Å²) in [6, 6.07) is 2.09. The van der Waals surface area contributed by atoms with Gasteiger partial charge in [-0.25, -0.2) is 9.97 Å². The van der Waals surface area contributed by atoms with Gasteiger partial charge in [-0.1, -0.05) is 11.6 Å². The van der Waals surface area contributed by atoms with Gasteiger partial charge in [0, 0.05) is 20.2 Å². The smallest absolute Gasteiger partial charge is 0.225 e. The minimum atomic E-state index is 0.426. The highest BCUT2D eigenvalue weighted by atomic mass is 35.5. The van der Waals surface area contributed by atoms with Crippen LogP contribution in [0.2, 0.25) is 5.02 Å². The molecule has 0 radical (unpaired) electrons. The van der Waals surface area contributed by atoms with Gasteiger partial charge in [-0.15, -0.1) is 0 Å². The molecule has 1 aromatic heterocycles. The van der Waals surface area contributed by atoms with Crippen molar-refractivity contribution in [1.82, 2.24) is 9.97 Å². The van der Waals surface area contributed by atoms with Gasteiger partial charge < -0.3 is 9.64 Å². The molecule has 0 aliphatic rings. The molecule has 0 saturated heterocycles. The van der Waals surface area contributed by atoms with Crippen molar-refractivity contribution in [2.24, 2.45) is 0 Å². The van der Waals surface area contributed by atoms with Gasteiger partial charge in [0.05, 0.1) is 36.5 Å². The molecule has 0 saturated carbocycles. The second kappa shape index (κ2) is 6.99. The van der Waals surface area contributed by atoms with E-state index in [0.717, 1.165) is 0 Å². The summed E-state index contributed by atoms with van der Waals surface area (Å²) in [7, 11) is 1.63. The Kier molecular flexibility index (Phi) is 5.54. The number of ether oxygens (including phenoxy) is 1. The van der Waals surface area contributed by atoms with Gasteiger partial charge in [0.1, 0.15) is 0 Å². The van der Waals surface area contributed by atoms with Crippen molar-refractivity contribution in [1.29, 1.82) is 5.26 Å². The zero-order valence-electron chi connectivity index (χ0n) is 9.06. The molecule has 0 amide bonds. The van der Waals surface area contributed by atoms with Crippen LogP contribution in [-0.2, 0) is 4.74 Å². The van der Waals surface area contributed by atoms with Crippen LogP contribution in [0, 0.1) is 11.3 Å². The Balaban J connectivity index is 2.67. The maximum Gasteiger partial charge on any atom is 0.225 e. The van der Waals surface area contributed by atoms with E-state index in [1.165, 1.54) is 12.4 Å². The van der Waals surface area contributed by atoms with Crippen LogP contribution in [0.1, 0.15) is 6.42 Å². The summed E-state index contributed by atoms with van der Waals surface area (Å²) in [6.07, 6.45) is 3.50. The van der Waals surface area contributed by atoms with Crippen molar-refractivity contribution in [2.45, 2.75) is 6.42 Å². The number of aromatic nitrogens is 2. The molecule has 16 heavy (non-hydrogen) atoms. The van der Waals surface area contributed by atoms with Crippen molar-refractivity contribution >= 4 is 17.5 Å². The summed E-state index contributed by atoms with van der Waals surface area (Å²) >= 11 is 5.70. The van der Waals surface area contributed by atoms with Gasteiger partial charge in [0.15, 0.2) is 0 Å². The van der Waals surface area contributed by atoms with E-state index < -0.39 is 0 Å². The maximum absolute atomic E-state index is 8.56. The summed E-state index contributed by atoms with van der Waals surface area (Å²) in [5.41, 5.74) is 0. The van der Waals surface area contributed by atoms with Crippen molar-refractivity contribution in [3.63, 3.8) is 0 Å². The first kappa shape index (κ1) is 12.7. The first-order valence-corrected chi connectivity index (χ1v) is 5.24. The van der Waals surface area contributed by atoms with E-state index in [4.69, 9.17) is 21.6 Å². The van der Waals surface area contributed by atoms with Gasteiger partial charge >= 0.3 is 0 Å². The third-order valence-electron chi connectivity index (χ3n) is 1.95.